The fourth-order valence-corrected chi connectivity index (χ4v) is 0.959. The van der Waals surface area contributed by atoms with Crippen LogP contribution in [0, 0.1) is 11.6 Å². The van der Waals surface area contributed by atoms with Crippen molar-refractivity contribution in [3.8, 4) is 0 Å². The molecule has 0 heterocycles. The predicted octanol–water partition coefficient (Wildman–Crippen LogP) is 3.37. The lowest BCUT2D eigenvalue weighted by molar-refractivity contribution is 0.142. The third-order valence-electron chi connectivity index (χ3n) is 1.59. The third kappa shape index (κ3) is 1.79. The van der Waals surface area contributed by atoms with Gasteiger partial charge in [-0.05, 0) is 11.6 Å². The molecule has 0 nitrogen and oxygen atoms in total. The lowest BCUT2D eigenvalue weighted by atomic mass is 10.1. The first-order valence-corrected chi connectivity index (χ1v) is 3.38. The van der Waals surface area contributed by atoms with Gasteiger partial charge in [-0.2, -0.15) is 0 Å². The SMILES string of the molecule is FCc1ccc(F)c(F)c1C(F)F. The van der Waals surface area contributed by atoms with Gasteiger partial charge < -0.3 is 0 Å². The summed E-state index contributed by atoms with van der Waals surface area (Å²) >= 11 is 0. The molecule has 0 N–H and O–H groups in total. The van der Waals surface area contributed by atoms with Crippen LogP contribution in [0.15, 0.2) is 12.1 Å². The summed E-state index contributed by atoms with van der Waals surface area (Å²) < 4.78 is 61.3. The summed E-state index contributed by atoms with van der Waals surface area (Å²) in [5.74, 6) is -3.07. The molecule has 0 radical (unpaired) electrons. The Hall–Kier alpha value is -1.13. The lowest BCUT2D eigenvalue weighted by Crippen LogP contribution is -2.00. The molecule has 0 unspecified atom stereocenters. The highest BCUT2D eigenvalue weighted by Gasteiger charge is 2.21. The standard InChI is InChI=1S/C8H5F5/c9-3-4-1-2-5(10)7(11)6(4)8(12)13/h1-2,8H,3H2. The van der Waals surface area contributed by atoms with Gasteiger partial charge in [-0.25, -0.2) is 22.0 Å². The molecule has 0 aromatic heterocycles. The van der Waals surface area contributed by atoms with Crippen molar-refractivity contribution >= 4 is 0 Å². The van der Waals surface area contributed by atoms with E-state index in [9.17, 15) is 22.0 Å². The molecule has 0 aliphatic heterocycles. The van der Waals surface area contributed by atoms with Crippen molar-refractivity contribution in [2.24, 2.45) is 0 Å². The quantitative estimate of drug-likeness (QED) is 0.636. The van der Waals surface area contributed by atoms with Crippen molar-refractivity contribution in [3.05, 3.63) is 34.9 Å². The highest BCUT2D eigenvalue weighted by molar-refractivity contribution is 5.30. The van der Waals surface area contributed by atoms with E-state index in [1.165, 1.54) is 0 Å². The van der Waals surface area contributed by atoms with Gasteiger partial charge >= 0.3 is 0 Å². The monoisotopic (exact) mass is 196 g/mol. The molecule has 72 valence electrons. The molecular weight excluding hydrogens is 191 g/mol. The van der Waals surface area contributed by atoms with E-state index in [4.69, 9.17) is 0 Å². The minimum atomic E-state index is -3.21. The van der Waals surface area contributed by atoms with Gasteiger partial charge in [0.25, 0.3) is 6.43 Å². The Labute approximate surface area is 71.0 Å². The Kier molecular flexibility index (Phi) is 2.85. The summed E-state index contributed by atoms with van der Waals surface area (Å²) in [5.41, 5.74) is -1.71. The van der Waals surface area contributed by atoms with Crippen molar-refractivity contribution in [1.29, 1.82) is 0 Å². The predicted molar refractivity (Wildman–Crippen MR) is 36.1 cm³/mol. The van der Waals surface area contributed by atoms with Crippen LogP contribution in [-0.2, 0) is 6.67 Å². The van der Waals surface area contributed by atoms with Crippen molar-refractivity contribution in [2.75, 3.05) is 0 Å². The average Bonchev–Trinajstić information content (AvgIpc) is 2.08. The van der Waals surface area contributed by atoms with Crippen LogP contribution in [-0.4, -0.2) is 0 Å². The van der Waals surface area contributed by atoms with Crippen molar-refractivity contribution in [3.63, 3.8) is 0 Å². The fourth-order valence-electron chi connectivity index (χ4n) is 0.959. The second-order valence-electron chi connectivity index (χ2n) is 2.37. The zero-order chi connectivity index (χ0) is 10.0. The second-order valence-corrected chi connectivity index (χ2v) is 2.37. The van der Waals surface area contributed by atoms with Crippen molar-refractivity contribution < 1.29 is 22.0 Å². The number of hydrogen-bond donors (Lipinski definition) is 0. The minimum Gasteiger partial charge on any atom is -0.246 e. The van der Waals surface area contributed by atoms with Crippen LogP contribution >= 0.6 is 0 Å². The van der Waals surface area contributed by atoms with Gasteiger partial charge in [0, 0.05) is 0 Å². The van der Waals surface area contributed by atoms with Gasteiger partial charge in [-0.15, -0.1) is 0 Å². The maximum Gasteiger partial charge on any atom is 0.267 e. The van der Waals surface area contributed by atoms with Gasteiger partial charge in [-0.3, -0.25) is 0 Å². The largest absolute Gasteiger partial charge is 0.267 e. The Morgan fingerprint density at radius 3 is 2.23 bits per heavy atom. The molecule has 0 saturated carbocycles. The minimum absolute atomic E-state index is 0.520. The molecule has 13 heavy (non-hydrogen) atoms. The molecule has 0 atom stereocenters. The van der Waals surface area contributed by atoms with Crippen molar-refractivity contribution in [2.45, 2.75) is 13.1 Å². The van der Waals surface area contributed by atoms with Gasteiger partial charge in [0.2, 0.25) is 0 Å². The molecule has 1 aromatic carbocycles. The van der Waals surface area contributed by atoms with Crippen LogP contribution in [0.5, 0.6) is 0 Å². The number of halogens is 5. The maximum atomic E-state index is 12.7. The topological polar surface area (TPSA) is 0 Å². The summed E-state index contributed by atoms with van der Waals surface area (Å²) in [5, 5.41) is 0. The molecule has 0 spiro atoms. The molecule has 0 amide bonds. The van der Waals surface area contributed by atoms with Gasteiger partial charge in [0.05, 0.1) is 5.56 Å². The van der Waals surface area contributed by atoms with E-state index in [1.54, 1.807) is 0 Å². The Morgan fingerprint density at radius 1 is 1.15 bits per heavy atom. The zero-order valence-electron chi connectivity index (χ0n) is 6.33. The molecule has 0 aliphatic rings. The second kappa shape index (κ2) is 3.72. The van der Waals surface area contributed by atoms with Gasteiger partial charge in [0.15, 0.2) is 11.6 Å². The van der Waals surface area contributed by atoms with Crippen LogP contribution in [0.25, 0.3) is 0 Å². The molecule has 0 aliphatic carbocycles. The number of hydrogen-bond acceptors (Lipinski definition) is 0. The Balaban J connectivity index is 3.32. The number of benzene rings is 1. The van der Waals surface area contributed by atoms with Gasteiger partial charge in [-0.1, -0.05) is 6.07 Å². The summed E-state index contributed by atoms with van der Waals surface area (Å²) in [6.07, 6.45) is -3.21. The van der Waals surface area contributed by atoms with Crippen LogP contribution in [0.4, 0.5) is 22.0 Å². The van der Waals surface area contributed by atoms with E-state index < -0.39 is 35.9 Å². The fraction of sp³-hybridized carbons (Fsp3) is 0.250. The Bertz CT molecular complexity index is 308. The van der Waals surface area contributed by atoms with Crippen LogP contribution in [0.1, 0.15) is 17.6 Å². The molecule has 0 saturated heterocycles. The third-order valence-corrected chi connectivity index (χ3v) is 1.59. The lowest BCUT2D eigenvalue weighted by Gasteiger charge is -2.06. The molecule has 5 heteroatoms. The smallest absolute Gasteiger partial charge is 0.246 e. The highest BCUT2D eigenvalue weighted by Crippen LogP contribution is 2.27. The van der Waals surface area contributed by atoms with E-state index in [1.807, 2.05) is 0 Å². The molecule has 1 rings (SSSR count). The first-order chi connectivity index (χ1) is 6.07. The summed E-state index contributed by atoms with van der Waals surface area (Å²) in [6, 6.07) is 1.43. The summed E-state index contributed by atoms with van der Waals surface area (Å²) in [6.45, 7) is -1.24. The number of alkyl halides is 3. The maximum absolute atomic E-state index is 12.7. The van der Waals surface area contributed by atoms with E-state index in [2.05, 4.69) is 0 Å². The molecular formula is C8H5F5. The molecule has 0 fully saturated rings. The molecule has 1 aromatic rings. The average molecular weight is 196 g/mol. The molecule has 0 bridgehead atoms. The zero-order valence-corrected chi connectivity index (χ0v) is 6.33. The van der Waals surface area contributed by atoms with Crippen LogP contribution in [0.2, 0.25) is 0 Å². The highest BCUT2D eigenvalue weighted by atomic mass is 19.3. The first-order valence-electron chi connectivity index (χ1n) is 3.38. The summed E-state index contributed by atoms with van der Waals surface area (Å²) in [7, 11) is 0. The first kappa shape index (κ1) is 9.95. The van der Waals surface area contributed by atoms with E-state index in [0.29, 0.717) is 6.07 Å². The van der Waals surface area contributed by atoms with E-state index in [-0.39, 0.29) is 0 Å². The number of rotatable bonds is 2. The normalized spacial score (nSPS) is 10.9. The van der Waals surface area contributed by atoms with Gasteiger partial charge in [0.1, 0.15) is 6.67 Å². The van der Waals surface area contributed by atoms with E-state index in [0.717, 1.165) is 6.07 Å². The van der Waals surface area contributed by atoms with Crippen molar-refractivity contribution in [1.82, 2.24) is 0 Å². The van der Waals surface area contributed by atoms with Crippen LogP contribution in [0.3, 0.4) is 0 Å². The van der Waals surface area contributed by atoms with Crippen LogP contribution < -0.4 is 0 Å². The van der Waals surface area contributed by atoms with E-state index >= 15 is 0 Å². The summed E-state index contributed by atoms with van der Waals surface area (Å²) in [4.78, 5) is 0. The Morgan fingerprint density at radius 2 is 1.77 bits per heavy atom.